The van der Waals surface area contributed by atoms with Gasteiger partial charge in [-0.25, -0.2) is 0 Å². The third-order valence-corrected chi connectivity index (χ3v) is 3.72. The Labute approximate surface area is 125 Å². The molecule has 0 spiro atoms. The van der Waals surface area contributed by atoms with Crippen molar-refractivity contribution in [2.24, 2.45) is 0 Å². The molecule has 0 bridgehead atoms. The molecule has 102 valence electrons. The summed E-state index contributed by atoms with van der Waals surface area (Å²) in [6, 6.07) is 17.9. The van der Waals surface area contributed by atoms with E-state index in [1.165, 1.54) is 5.56 Å². The number of benzene rings is 2. The molecule has 0 aliphatic rings. The zero-order valence-electron chi connectivity index (χ0n) is 11.7. The molecule has 0 fully saturated rings. The number of hydrogen-bond acceptors (Lipinski definition) is 2. The van der Waals surface area contributed by atoms with E-state index in [1.54, 1.807) is 6.07 Å². The van der Waals surface area contributed by atoms with Gasteiger partial charge in [0, 0.05) is 12.0 Å². The van der Waals surface area contributed by atoms with Gasteiger partial charge < -0.3 is 5.32 Å². The summed E-state index contributed by atoms with van der Waals surface area (Å²) in [6.45, 7) is 5.07. The monoisotopic (exact) mass is 284 g/mol. The van der Waals surface area contributed by atoms with Gasteiger partial charge in [-0.15, -0.1) is 0 Å². The average molecular weight is 285 g/mol. The largest absolute Gasteiger partial charge is 0.383 e. The highest BCUT2D eigenvalue weighted by atomic mass is 35.5. The van der Waals surface area contributed by atoms with E-state index in [2.05, 4.69) is 37.4 Å². The Kier molecular flexibility index (Phi) is 4.32. The van der Waals surface area contributed by atoms with Gasteiger partial charge in [0.15, 0.2) is 0 Å². The van der Waals surface area contributed by atoms with Crippen LogP contribution in [0, 0.1) is 11.3 Å². The number of nitrogens with zero attached hydrogens (tertiary/aromatic N) is 1. The molecular weight excluding hydrogens is 268 g/mol. The Morgan fingerprint density at radius 1 is 1.10 bits per heavy atom. The molecule has 0 radical (unpaired) electrons. The zero-order chi connectivity index (χ0) is 14.6. The molecule has 1 N–H and O–H groups in total. The van der Waals surface area contributed by atoms with E-state index in [-0.39, 0.29) is 5.41 Å². The van der Waals surface area contributed by atoms with Crippen molar-refractivity contribution < 1.29 is 0 Å². The van der Waals surface area contributed by atoms with Crippen LogP contribution in [-0.2, 0) is 5.41 Å². The Morgan fingerprint density at radius 2 is 1.80 bits per heavy atom. The van der Waals surface area contributed by atoms with Crippen LogP contribution in [-0.4, -0.2) is 6.54 Å². The van der Waals surface area contributed by atoms with Gasteiger partial charge in [0.25, 0.3) is 0 Å². The molecule has 2 aromatic rings. The van der Waals surface area contributed by atoms with Crippen molar-refractivity contribution in [1.29, 1.82) is 5.26 Å². The standard InChI is InChI=1S/C17H17ClN2/c1-17(2,13-7-4-3-5-8-13)12-20-16-10-6-9-15(18)14(16)11-19/h3-10,20H,12H2,1-2H3. The van der Waals surface area contributed by atoms with Crippen molar-refractivity contribution in [3.63, 3.8) is 0 Å². The maximum Gasteiger partial charge on any atom is 0.103 e. The topological polar surface area (TPSA) is 35.8 Å². The molecule has 2 nitrogen and oxygen atoms in total. The summed E-state index contributed by atoms with van der Waals surface area (Å²) in [7, 11) is 0. The minimum Gasteiger partial charge on any atom is -0.383 e. The van der Waals surface area contributed by atoms with E-state index < -0.39 is 0 Å². The molecule has 3 heteroatoms. The van der Waals surface area contributed by atoms with Crippen LogP contribution in [0.4, 0.5) is 5.69 Å². The van der Waals surface area contributed by atoms with E-state index in [0.29, 0.717) is 10.6 Å². The van der Waals surface area contributed by atoms with Crippen LogP contribution in [0.5, 0.6) is 0 Å². The minimum atomic E-state index is -0.0314. The number of halogens is 1. The molecule has 0 atom stereocenters. The number of anilines is 1. The molecule has 0 unspecified atom stereocenters. The fraction of sp³-hybridized carbons (Fsp3) is 0.235. The van der Waals surface area contributed by atoms with E-state index >= 15 is 0 Å². The molecule has 0 aliphatic carbocycles. The second-order valence-corrected chi connectivity index (χ2v) is 5.78. The maximum absolute atomic E-state index is 9.17. The van der Waals surface area contributed by atoms with Crippen molar-refractivity contribution in [2.45, 2.75) is 19.3 Å². The number of nitriles is 1. The summed E-state index contributed by atoms with van der Waals surface area (Å²) < 4.78 is 0. The van der Waals surface area contributed by atoms with Gasteiger partial charge in [0.1, 0.15) is 6.07 Å². The molecule has 0 saturated carbocycles. The highest BCUT2D eigenvalue weighted by molar-refractivity contribution is 6.32. The lowest BCUT2D eigenvalue weighted by atomic mass is 9.84. The van der Waals surface area contributed by atoms with Gasteiger partial charge in [-0.3, -0.25) is 0 Å². The van der Waals surface area contributed by atoms with E-state index in [1.807, 2.05) is 30.3 Å². The summed E-state index contributed by atoms with van der Waals surface area (Å²) in [4.78, 5) is 0. The number of nitrogens with one attached hydrogen (secondary N) is 1. The van der Waals surface area contributed by atoms with Crippen LogP contribution in [0.3, 0.4) is 0 Å². The second-order valence-electron chi connectivity index (χ2n) is 5.38. The van der Waals surface area contributed by atoms with E-state index in [9.17, 15) is 5.26 Å². The van der Waals surface area contributed by atoms with Crippen LogP contribution < -0.4 is 5.32 Å². The van der Waals surface area contributed by atoms with Gasteiger partial charge >= 0.3 is 0 Å². The Morgan fingerprint density at radius 3 is 2.45 bits per heavy atom. The summed E-state index contributed by atoms with van der Waals surface area (Å²) in [5.74, 6) is 0. The summed E-state index contributed by atoms with van der Waals surface area (Å²) in [5, 5.41) is 13.0. The first kappa shape index (κ1) is 14.4. The fourth-order valence-corrected chi connectivity index (χ4v) is 2.31. The lowest BCUT2D eigenvalue weighted by Crippen LogP contribution is -2.27. The van der Waals surface area contributed by atoms with Gasteiger partial charge in [-0.2, -0.15) is 5.26 Å². The summed E-state index contributed by atoms with van der Waals surface area (Å²) in [5.41, 5.74) is 2.51. The van der Waals surface area contributed by atoms with Crippen LogP contribution in [0.15, 0.2) is 48.5 Å². The number of hydrogen-bond donors (Lipinski definition) is 1. The van der Waals surface area contributed by atoms with Crippen molar-refractivity contribution in [3.05, 3.63) is 64.7 Å². The van der Waals surface area contributed by atoms with Crippen molar-refractivity contribution in [3.8, 4) is 6.07 Å². The van der Waals surface area contributed by atoms with E-state index in [0.717, 1.165) is 12.2 Å². The second kappa shape index (κ2) is 5.98. The van der Waals surface area contributed by atoms with Gasteiger partial charge in [-0.05, 0) is 17.7 Å². The normalized spacial score (nSPS) is 10.9. The molecule has 20 heavy (non-hydrogen) atoms. The fourth-order valence-electron chi connectivity index (χ4n) is 2.09. The first-order valence-corrected chi connectivity index (χ1v) is 6.90. The number of rotatable bonds is 4. The molecule has 0 heterocycles. The Balaban J connectivity index is 2.17. The van der Waals surface area contributed by atoms with Crippen LogP contribution >= 0.6 is 11.6 Å². The molecular formula is C17H17ClN2. The lowest BCUT2D eigenvalue weighted by molar-refractivity contribution is 0.557. The Hall–Kier alpha value is -1.98. The van der Waals surface area contributed by atoms with Crippen LogP contribution in [0.1, 0.15) is 25.0 Å². The predicted molar refractivity (Wildman–Crippen MR) is 84.1 cm³/mol. The quantitative estimate of drug-likeness (QED) is 0.890. The zero-order valence-corrected chi connectivity index (χ0v) is 12.4. The van der Waals surface area contributed by atoms with Crippen molar-refractivity contribution >= 4 is 17.3 Å². The average Bonchev–Trinajstić information content (AvgIpc) is 2.46. The van der Waals surface area contributed by atoms with Gasteiger partial charge in [-0.1, -0.05) is 61.8 Å². The highest BCUT2D eigenvalue weighted by Crippen LogP contribution is 2.27. The maximum atomic E-state index is 9.17. The SMILES string of the molecule is CC(C)(CNc1cccc(Cl)c1C#N)c1ccccc1. The Bertz CT molecular complexity index is 627. The van der Waals surface area contributed by atoms with Crippen molar-refractivity contribution in [2.75, 3.05) is 11.9 Å². The predicted octanol–water partition coefficient (Wildman–Crippen LogP) is 4.60. The molecule has 0 amide bonds. The third-order valence-electron chi connectivity index (χ3n) is 3.40. The molecule has 2 rings (SSSR count). The first-order valence-electron chi connectivity index (χ1n) is 6.52. The molecule has 0 aromatic heterocycles. The lowest BCUT2D eigenvalue weighted by Gasteiger charge is -2.26. The smallest absolute Gasteiger partial charge is 0.103 e. The van der Waals surface area contributed by atoms with E-state index in [4.69, 9.17) is 11.6 Å². The molecule has 2 aromatic carbocycles. The molecule has 0 saturated heterocycles. The van der Waals surface area contributed by atoms with Crippen LogP contribution in [0.2, 0.25) is 5.02 Å². The molecule has 0 aliphatic heterocycles. The minimum absolute atomic E-state index is 0.0314. The van der Waals surface area contributed by atoms with Crippen LogP contribution in [0.25, 0.3) is 0 Å². The summed E-state index contributed by atoms with van der Waals surface area (Å²) >= 11 is 6.03. The van der Waals surface area contributed by atoms with Crippen molar-refractivity contribution in [1.82, 2.24) is 0 Å². The summed E-state index contributed by atoms with van der Waals surface area (Å²) in [6.07, 6.45) is 0. The van der Waals surface area contributed by atoms with Gasteiger partial charge in [0.2, 0.25) is 0 Å². The van der Waals surface area contributed by atoms with Gasteiger partial charge in [0.05, 0.1) is 16.3 Å². The first-order chi connectivity index (χ1) is 9.54. The highest BCUT2D eigenvalue weighted by Gasteiger charge is 2.20. The third kappa shape index (κ3) is 3.12.